The molecule has 0 spiro atoms. The van der Waals surface area contributed by atoms with E-state index in [0.717, 1.165) is 54.5 Å². The van der Waals surface area contributed by atoms with Crippen molar-refractivity contribution in [3.8, 4) is 0 Å². The maximum absolute atomic E-state index is 6.55. The molecule has 6 heteroatoms. The minimum atomic E-state index is 0.450. The second kappa shape index (κ2) is 6.75. The van der Waals surface area contributed by atoms with E-state index in [1.54, 1.807) is 0 Å². The number of nitrogens with one attached hydrogen (secondary N) is 1. The summed E-state index contributed by atoms with van der Waals surface area (Å²) in [7, 11) is 0. The molecule has 2 aromatic rings. The number of fused-ring (bicyclic) bond motifs is 1. The van der Waals surface area contributed by atoms with Crippen LogP contribution >= 0.6 is 11.6 Å². The van der Waals surface area contributed by atoms with Crippen molar-refractivity contribution in [1.29, 1.82) is 0 Å². The zero-order chi connectivity index (χ0) is 16.5. The summed E-state index contributed by atoms with van der Waals surface area (Å²) in [5, 5.41) is 5.19. The van der Waals surface area contributed by atoms with Gasteiger partial charge in [0.1, 0.15) is 5.82 Å². The van der Waals surface area contributed by atoms with E-state index in [2.05, 4.69) is 39.4 Å². The fourth-order valence-electron chi connectivity index (χ4n) is 3.83. The van der Waals surface area contributed by atoms with Crippen molar-refractivity contribution in [3.63, 3.8) is 0 Å². The standard InChI is InChI=1S/C18H24ClN5/c19-16-11-13-10-14(24-7-1-2-15(24)12-20)3-4-17(13)22-18(16)23-8-5-21-6-9-23/h3-4,10-11,15,21H,1-2,5-9,12,20H2. The molecule has 4 rings (SSSR count). The molecule has 1 atom stereocenters. The third-order valence-corrected chi connectivity index (χ3v) is 5.41. The van der Waals surface area contributed by atoms with Gasteiger partial charge in [0, 0.05) is 56.4 Å². The summed E-state index contributed by atoms with van der Waals surface area (Å²) in [6.07, 6.45) is 2.39. The highest BCUT2D eigenvalue weighted by Crippen LogP contribution is 2.32. The van der Waals surface area contributed by atoms with Gasteiger partial charge in [0.15, 0.2) is 0 Å². The molecule has 3 heterocycles. The van der Waals surface area contributed by atoms with E-state index in [0.29, 0.717) is 12.6 Å². The average Bonchev–Trinajstić information content (AvgIpc) is 3.10. The van der Waals surface area contributed by atoms with Crippen LogP contribution in [-0.4, -0.2) is 50.3 Å². The summed E-state index contributed by atoms with van der Waals surface area (Å²) in [5.41, 5.74) is 8.14. The van der Waals surface area contributed by atoms with Gasteiger partial charge in [0.05, 0.1) is 10.5 Å². The van der Waals surface area contributed by atoms with Crippen LogP contribution in [0.3, 0.4) is 0 Å². The van der Waals surface area contributed by atoms with Crippen molar-refractivity contribution >= 4 is 34.0 Å². The van der Waals surface area contributed by atoms with Crippen molar-refractivity contribution in [3.05, 3.63) is 29.3 Å². The highest BCUT2D eigenvalue weighted by molar-refractivity contribution is 6.33. The Morgan fingerprint density at radius 3 is 2.83 bits per heavy atom. The number of benzene rings is 1. The Labute approximate surface area is 147 Å². The lowest BCUT2D eigenvalue weighted by Gasteiger charge is -2.29. The third-order valence-electron chi connectivity index (χ3n) is 5.13. The van der Waals surface area contributed by atoms with Crippen LogP contribution in [0.2, 0.25) is 5.02 Å². The van der Waals surface area contributed by atoms with Crippen molar-refractivity contribution in [2.24, 2.45) is 5.73 Å². The first kappa shape index (κ1) is 15.9. The van der Waals surface area contributed by atoms with Crippen molar-refractivity contribution in [1.82, 2.24) is 10.3 Å². The number of pyridine rings is 1. The maximum atomic E-state index is 6.55. The van der Waals surface area contributed by atoms with Crippen LogP contribution in [0.15, 0.2) is 24.3 Å². The highest BCUT2D eigenvalue weighted by atomic mass is 35.5. The number of nitrogens with two attached hydrogens (primary N) is 1. The number of aromatic nitrogens is 1. The number of rotatable bonds is 3. The van der Waals surface area contributed by atoms with E-state index < -0.39 is 0 Å². The van der Waals surface area contributed by atoms with Crippen LogP contribution < -0.4 is 20.9 Å². The summed E-state index contributed by atoms with van der Waals surface area (Å²) in [6.45, 7) is 5.63. The first-order valence-corrected chi connectivity index (χ1v) is 9.17. The molecule has 5 nitrogen and oxygen atoms in total. The minimum absolute atomic E-state index is 0.450. The molecule has 1 aromatic carbocycles. The summed E-state index contributed by atoms with van der Waals surface area (Å²) >= 11 is 6.55. The molecule has 0 radical (unpaired) electrons. The molecule has 0 bridgehead atoms. The third kappa shape index (κ3) is 2.92. The first-order chi connectivity index (χ1) is 11.8. The lowest BCUT2D eigenvalue weighted by molar-refractivity contribution is 0.585. The molecule has 1 unspecified atom stereocenters. The predicted octanol–water partition coefficient (Wildman–Crippen LogP) is 2.23. The molecule has 2 fully saturated rings. The van der Waals surface area contributed by atoms with Gasteiger partial charge in [0.25, 0.3) is 0 Å². The van der Waals surface area contributed by atoms with Crippen LogP contribution in [0.5, 0.6) is 0 Å². The highest BCUT2D eigenvalue weighted by Gasteiger charge is 2.24. The summed E-state index contributed by atoms with van der Waals surface area (Å²) in [5.74, 6) is 0.902. The fourth-order valence-corrected chi connectivity index (χ4v) is 4.10. The lowest BCUT2D eigenvalue weighted by Crippen LogP contribution is -2.44. The van der Waals surface area contributed by atoms with Crippen molar-refractivity contribution < 1.29 is 0 Å². The molecule has 128 valence electrons. The van der Waals surface area contributed by atoms with Gasteiger partial charge in [0.2, 0.25) is 0 Å². The van der Waals surface area contributed by atoms with Crippen LogP contribution in [-0.2, 0) is 0 Å². The van der Waals surface area contributed by atoms with Crippen LogP contribution in [0, 0.1) is 0 Å². The Morgan fingerprint density at radius 2 is 2.04 bits per heavy atom. The Hall–Kier alpha value is -1.56. The zero-order valence-electron chi connectivity index (χ0n) is 13.8. The molecule has 0 amide bonds. The van der Waals surface area contributed by atoms with Gasteiger partial charge >= 0.3 is 0 Å². The van der Waals surface area contributed by atoms with Crippen LogP contribution in [0.1, 0.15) is 12.8 Å². The number of nitrogens with zero attached hydrogens (tertiary/aromatic N) is 3. The van der Waals surface area contributed by atoms with Gasteiger partial charge < -0.3 is 20.9 Å². The molecule has 1 aromatic heterocycles. The number of hydrogen-bond donors (Lipinski definition) is 2. The SMILES string of the molecule is NCC1CCCN1c1ccc2nc(N3CCNCC3)c(Cl)cc2c1. The zero-order valence-corrected chi connectivity index (χ0v) is 14.6. The first-order valence-electron chi connectivity index (χ1n) is 8.79. The van der Waals surface area contributed by atoms with Crippen molar-refractivity contribution in [2.75, 3.05) is 49.1 Å². The second-order valence-corrected chi connectivity index (χ2v) is 7.04. The smallest absolute Gasteiger partial charge is 0.148 e. The van der Waals surface area contributed by atoms with Gasteiger partial charge in [-0.3, -0.25) is 0 Å². The van der Waals surface area contributed by atoms with Gasteiger partial charge in [-0.15, -0.1) is 0 Å². The number of anilines is 2. The summed E-state index contributed by atoms with van der Waals surface area (Å²) < 4.78 is 0. The quantitative estimate of drug-likeness (QED) is 0.893. The summed E-state index contributed by atoms with van der Waals surface area (Å²) in [6, 6.07) is 8.98. The molecule has 2 saturated heterocycles. The fraction of sp³-hybridized carbons (Fsp3) is 0.500. The average molecular weight is 346 g/mol. The normalized spacial score (nSPS) is 21.7. The number of halogens is 1. The van der Waals surface area contributed by atoms with E-state index in [1.165, 1.54) is 18.5 Å². The van der Waals surface area contributed by atoms with Crippen molar-refractivity contribution in [2.45, 2.75) is 18.9 Å². The molecular weight excluding hydrogens is 322 g/mol. The Morgan fingerprint density at radius 1 is 1.21 bits per heavy atom. The van der Waals surface area contributed by atoms with E-state index in [9.17, 15) is 0 Å². The number of piperazine rings is 1. The van der Waals surface area contributed by atoms with E-state index in [4.69, 9.17) is 22.3 Å². The molecule has 3 N–H and O–H groups in total. The Balaban J connectivity index is 1.68. The summed E-state index contributed by atoms with van der Waals surface area (Å²) in [4.78, 5) is 9.50. The van der Waals surface area contributed by atoms with E-state index >= 15 is 0 Å². The predicted molar refractivity (Wildman–Crippen MR) is 101 cm³/mol. The van der Waals surface area contributed by atoms with Crippen LogP contribution in [0.4, 0.5) is 11.5 Å². The second-order valence-electron chi connectivity index (χ2n) is 6.63. The molecule has 24 heavy (non-hydrogen) atoms. The lowest BCUT2D eigenvalue weighted by atomic mass is 10.1. The maximum Gasteiger partial charge on any atom is 0.148 e. The molecular formula is C18H24ClN5. The Kier molecular flexibility index (Phi) is 4.48. The molecule has 0 aliphatic carbocycles. The van der Waals surface area contributed by atoms with Crippen LogP contribution in [0.25, 0.3) is 10.9 Å². The molecule has 0 saturated carbocycles. The molecule has 2 aliphatic heterocycles. The minimum Gasteiger partial charge on any atom is -0.367 e. The van der Waals surface area contributed by atoms with E-state index in [-0.39, 0.29) is 0 Å². The number of hydrogen-bond acceptors (Lipinski definition) is 5. The van der Waals surface area contributed by atoms with Gasteiger partial charge in [-0.05, 0) is 37.1 Å². The molecule has 2 aliphatic rings. The topological polar surface area (TPSA) is 57.4 Å². The van der Waals surface area contributed by atoms with Gasteiger partial charge in [-0.2, -0.15) is 0 Å². The van der Waals surface area contributed by atoms with Gasteiger partial charge in [-0.25, -0.2) is 4.98 Å². The Bertz CT molecular complexity index is 729. The monoisotopic (exact) mass is 345 g/mol. The van der Waals surface area contributed by atoms with E-state index in [1.807, 2.05) is 0 Å². The largest absolute Gasteiger partial charge is 0.367 e. The van der Waals surface area contributed by atoms with Gasteiger partial charge in [-0.1, -0.05) is 11.6 Å².